The molecule has 1 aromatic heterocycles. The van der Waals surface area contributed by atoms with Gasteiger partial charge in [0.25, 0.3) is 0 Å². The van der Waals surface area contributed by atoms with Gasteiger partial charge in [-0.15, -0.1) is 0 Å². The zero-order chi connectivity index (χ0) is 26.7. The van der Waals surface area contributed by atoms with Crippen LogP contribution in [0.4, 0.5) is 10.2 Å². The summed E-state index contributed by atoms with van der Waals surface area (Å²) in [5.41, 5.74) is 0.104. The molecule has 38 heavy (non-hydrogen) atoms. The van der Waals surface area contributed by atoms with Crippen molar-refractivity contribution in [3.8, 4) is 22.8 Å². The van der Waals surface area contributed by atoms with Gasteiger partial charge in [-0.3, -0.25) is 19.4 Å². The van der Waals surface area contributed by atoms with E-state index in [1.807, 2.05) is 16.7 Å². The Kier molecular flexibility index (Phi) is 6.42. The lowest BCUT2D eigenvalue weighted by atomic mass is 9.97. The van der Waals surface area contributed by atoms with Crippen LogP contribution >= 0.6 is 11.6 Å². The van der Waals surface area contributed by atoms with Gasteiger partial charge in [0.15, 0.2) is 0 Å². The van der Waals surface area contributed by atoms with Crippen LogP contribution in [0.15, 0.2) is 18.2 Å². The third-order valence-corrected chi connectivity index (χ3v) is 8.45. The first-order valence-corrected chi connectivity index (χ1v) is 13.2. The highest BCUT2D eigenvalue weighted by atomic mass is 35.5. The van der Waals surface area contributed by atoms with Gasteiger partial charge in [0.05, 0.1) is 30.4 Å². The van der Waals surface area contributed by atoms with Crippen LogP contribution in [0.25, 0.3) is 11.3 Å². The van der Waals surface area contributed by atoms with Crippen molar-refractivity contribution in [2.75, 3.05) is 44.4 Å². The zero-order valence-corrected chi connectivity index (χ0v) is 21.6. The summed E-state index contributed by atoms with van der Waals surface area (Å²) in [6.45, 7) is 4.47. The lowest BCUT2D eigenvalue weighted by Crippen LogP contribution is -2.55. The van der Waals surface area contributed by atoms with Crippen molar-refractivity contribution >= 4 is 29.2 Å². The largest absolute Gasteiger partial charge is 0.507 e. The minimum atomic E-state index is -1.10. The maximum atomic E-state index is 15.1. The van der Waals surface area contributed by atoms with Crippen molar-refractivity contribution in [2.24, 2.45) is 0 Å². The lowest BCUT2D eigenvalue weighted by Gasteiger charge is -2.44. The molecule has 0 saturated carbocycles. The van der Waals surface area contributed by atoms with Crippen molar-refractivity contribution in [3.63, 3.8) is 0 Å². The first-order valence-electron chi connectivity index (χ1n) is 12.8. The number of aliphatic carboxylic acids is 1. The minimum Gasteiger partial charge on any atom is -0.507 e. The number of benzene rings is 1. The first-order chi connectivity index (χ1) is 18.2. The van der Waals surface area contributed by atoms with Gasteiger partial charge in [0.2, 0.25) is 0 Å². The molecule has 0 aliphatic carbocycles. The summed E-state index contributed by atoms with van der Waals surface area (Å²) >= 11 is 6.83. The van der Waals surface area contributed by atoms with Crippen molar-refractivity contribution in [3.05, 3.63) is 34.6 Å². The highest BCUT2D eigenvalue weighted by Crippen LogP contribution is 2.50. The van der Waals surface area contributed by atoms with Gasteiger partial charge in [-0.2, -0.15) is 0 Å². The van der Waals surface area contributed by atoms with Gasteiger partial charge >= 0.3 is 5.97 Å². The second kappa shape index (κ2) is 9.64. The van der Waals surface area contributed by atoms with E-state index < -0.39 is 17.8 Å². The van der Waals surface area contributed by atoms with E-state index in [2.05, 4.69) is 10.2 Å². The highest BCUT2D eigenvalue weighted by molar-refractivity contribution is 6.35. The third kappa shape index (κ3) is 4.08. The van der Waals surface area contributed by atoms with E-state index in [0.29, 0.717) is 57.1 Å². The molecule has 3 saturated heterocycles. The smallest absolute Gasteiger partial charge is 0.325 e. The Morgan fingerprint density at radius 3 is 2.89 bits per heavy atom. The molecule has 1 aromatic carbocycles. The van der Waals surface area contributed by atoms with Crippen molar-refractivity contribution in [2.45, 2.75) is 43.9 Å². The molecule has 12 heteroatoms. The number of hydrogen-bond acceptors (Lipinski definition) is 9. The van der Waals surface area contributed by atoms with Crippen LogP contribution < -0.4 is 15.0 Å². The van der Waals surface area contributed by atoms with Crippen LogP contribution in [-0.4, -0.2) is 94.3 Å². The molecule has 4 aliphatic heterocycles. The van der Waals surface area contributed by atoms with Crippen LogP contribution in [0.1, 0.15) is 31.4 Å². The number of ketones is 1. The molecule has 2 aromatic rings. The van der Waals surface area contributed by atoms with Gasteiger partial charge in [-0.05, 0) is 25.5 Å². The molecule has 6 rings (SSSR count). The first kappa shape index (κ1) is 25.3. The fourth-order valence-corrected chi connectivity index (χ4v) is 6.58. The number of aromatic hydroxyl groups is 1. The number of ether oxygens (including phenoxy) is 1. The van der Waals surface area contributed by atoms with Crippen molar-refractivity contribution in [1.29, 1.82) is 0 Å². The van der Waals surface area contributed by atoms with Gasteiger partial charge < -0.3 is 25.2 Å². The van der Waals surface area contributed by atoms with Crippen LogP contribution in [0.2, 0.25) is 5.02 Å². The number of fused-ring (bicyclic) bond motifs is 3. The van der Waals surface area contributed by atoms with E-state index in [1.165, 1.54) is 18.2 Å². The number of piperazine rings is 1. The number of rotatable bonds is 3. The summed E-state index contributed by atoms with van der Waals surface area (Å²) in [6.07, 6.45) is 1.17. The molecular weight excluding hydrogens is 517 g/mol. The fourth-order valence-electron chi connectivity index (χ4n) is 6.29. The number of phenolic OH excluding ortho intramolecular Hbond substituents is 1. The van der Waals surface area contributed by atoms with E-state index >= 15 is 4.39 Å². The van der Waals surface area contributed by atoms with Crippen LogP contribution in [0, 0.1) is 5.82 Å². The number of carboxylic acid groups (broad SMARTS) is 1. The number of carbonyl (C=O) groups is 2. The number of pyridine rings is 1. The second-order valence-corrected chi connectivity index (χ2v) is 10.8. The van der Waals surface area contributed by atoms with Crippen LogP contribution in [-0.2, 0) is 9.59 Å². The molecule has 0 spiro atoms. The number of hydrogen-bond donors (Lipinski definition) is 3. The van der Waals surface area contributed by atoms with E-state index in [0.717, 1.165) is 0 Å². The summed E-state index contributed by atoms with van der Waals surface area (Å²) in [6, 6.07) is 2.61. The van der Waals surface area contributed by atoms with Crippen LogP contribution in [0.3, 0.4) is 0 Å². The number of carbonyl (C=O) groups excluding carboxylic acids is 1. The molecule has 0 radical (unpaired) electrons. The molecule has 2 unspecified atom stereocenters. The number of nitrogens with zero attached hydrogens (tertiary/aromatic N) is 4. The predicted octanol–water partition coefficient (Wildman–Crippen LogP) is 2.24. The SMILES string of the molecule is C[C@H]1CC2CC(=O)CN2CN1c1nc(-c2c(O)cccc2F)c(Cl)c2c1C(C(=O)O)N1CCNC[C@@H]1CO2. The predicted molar refractivity (Wildman–Crippen MR) is 137 cm³/mol. The third-order valence-electron chi connectivity index (χ3n) is 8.10. The molecule has 10 nitrogen and oxygen atoms in total. The number of phenols is 1. The fraction of sp³-hybridized carbons (Fsp3) is 0.500. The number of anilines is 1. The summed E-state index contributed by atoms with van der Waals surface area (Å²) < 4.78 is 21.3. The van der Waals surface area contributed by atoms with Crippen molar-refractivity contribution in [1.82, 2.24) is 20.1 Å². The van der Waals surface area contributed by atoms with E-state index in [9.17, 15) is 19.8 Å². The van der Waals surface area contributed by atoms with Gasteiger partial charge in [-0.1, -0.05) is 17.7 Å². The molecule has 3 fully saturated rings. The topological polar surface area (TPSA) is 118 Å². The van der Waals surface area contributed by atoms with E-state index in [1.54, 1.807) is 0 Å². The number of nitrogens with one attached hydrogen (secondary N) is 1. The second-order valence-electron chi connectivity index (χ2n) is 10.5. The van der Waals surface area contributed by atoms with E-state index in [4.69, 9.17) is 21.3 Å². The molecule has 5 heterocycles. The number of carboxylic acids is 1. The Balaban J connectivity index is 1.59. The molecule has 202 valence electrons. The normalized spacial score (nSPS) is 27.8. The Hall–Kier alpha value is -2.99. The number of aromatic nitrogens is 1. The molecule has 0 bridgehead atoms. The van der Waals surface area contributed by atoms with Gasteiger partial charge in [0.1, 0.15) is 52.3 Å². The summed E-state index contributed by atoms with van der Waals surface area (Å²) in [5.74, 6) is -1.52. The van der Waals surface area contributed by atoms with Crippen molar-refractivity contribution < 1.29 is 28.9 Å². The number of halogens is 2. The Labute approximate surface area is 223 Å². The molecular formula is C26H29ClFN5O5. The monoisotopic (exact) mass is 545 g/mol. The highest BCUT2D eigenvalue weighted by Gasteiger charge is 2.46. The summed E-state index contributed by atoms with van der Waals surface area (Å²) in [4.78, 5) is 35.8. The maximum Gasteiger partial charge on any atom is 0.325 e. The molecule has 4 atom stereocenters. The summed E-state index contributed by atoms with van der Waals surface area (Å²) in [7, 11) is 0. The van der Waals surface area contributed by atoms with Gasteiger partial charge in [-0.25, -0.2) is 9.37 Å². The summed E-state index contributed by atoms with van der Waals surface area (Å²) in [5, 5.41) is 24.4. The number of Topliss-reactive ketones (excluding diaryl/α,β-unsaturated/α-hetero) is 1. The van der Waals surface area contributed by atoms with E-state index in [-0.39, 0.29) is 58.3 Å². The van der Waals surface area contributed by atoms with Gasteiger partial charge in [0, 0.05) is 38.1 Å². The maximum absolute atomic E-state index is 15.1. The quantitative estimate of drug-likeness (QED) is 0.530. The Bertz CT molecular complexity index is 1290. The standard InChI is InChI=1S/C26H29ClFN5O5/c1-13-7-14-8-16(34)10-31(14)12-33(13)25-20-23(26(36)37)32-6-5-29-9-15(32)11-38-24(20)21(27)22(30-25)19-17(28)3-2-4-18(19)35/h2-4,13-15,23,29,35H,5-12H2,1H3,(H,36,37)/t13-,14?,15+,23?/m0/s1. The lowest BCUT2D eigenvalue weighted by molar-refractivity contribution is -0.145. The Morgan fingerprint density at radius 2 is 2.13 bits per heavy atom. The average molecular weight is 546 g/mol. The minimum absolute atomic E-state index is 0.0232. The van der Waals surface area contributed by atoms with Crippen LogP contribution in [0.5, 0.6) is 11.5 Å². The molecule has 4 aliphatic rings. The zero-order valence-electron chi connectivity index (χ0n) is 20.9. The average Bonchev–Trinajstić information content (AvgIpc) is 3.13. The molecule has 0 amide bonds. The molecule has 3 N–H and O–H groups in total. The Morgan fingerprint density at radius 1 is 1.32 bits per heavy atom.